The molecule has 1 unspecified atom stereocenters. The molecule has 0 saturated carbocycles. The van der Waals surface area contributed by atoms with Crippen LogP contribution in [-0.4, -0.2) is 23.1 Å². The Morgan fingerprint density at radius 2 is 2.00 bits per heavy atom. The van der Waals surface area contributed by atoms with Crippen molar-refractivity contribution in [2.45, 2.75) is 26.5 Å². The minimum absolute atomic E-state index is 0.135. The van der Waals surface area contributed by atoms with Crippen LogP contribution in [0.1, 0.15) is 28.4 Å². The number of carboxylic acids is 1. The smallest absolute Gasteiger partial charge is 0.335 e. The molecule has 0 saturated heterocycles. The second-order valence-corrected chi connectivity index (χ2v) is 5.60. The van der Waals surface area contributed by atoms with Gasteiger partial charge in [-0.15, -0.1) is 0 Å². The summed E-state index contributed by atoms with van der Waals surface area (Å²) in [6, 6.07) is 12.4. The summed E-state index contributed by atoms with van der Waals surface area (Å²) in [7, 11) is 0. The number of aromatic carboxylic acids is 1. The maximum Gasteiger partial charge on any atom is 0.335 e. The van der Waals surface area contributed by atoms with Crippen LogP contribution >= 0.6 is 0 Å². The van der Waals surface area contributed by atoms with Crippen molar-refractivity contribution < 1.29 is 19.4 Å². The first-order chi connectivity index (χ1) is 11.0. The molecular formula is C18H17NO4. The first-order valence-corrected chi connectivity index (χ1v) is 7.37. The normalized spacial score (nSPS) is 16.7. The first kappa shape index (κ1) is 15.1. The number of carbonyl (C=O) groups excluding carboxylic acids is 1. The highest BCUT2D eigenvalue weighted by Gasteiger charge is 2.32. The monoisotopic (exact) mass is 311 g/mol. The lowest BCUT2D eigenvalue weighted by molar-refractivity contribution is -0.125. The quantitative estimate of drug-likeness (QED) is 0.946. The zero-order valence-corrected chi connectivity index (χ0v) is 12.9. The molecule has 0 spiro atoms. The molecule has 0 bridgehead atoms. The van der Waals surface area contributed by atoms with Crippen LogP contribution in [0.5, 0.6) is 5.75 Å². The Labute approximate surface area is 134 Å². The lowest BCUT2D eigenvalue weighted by atomic mass is 10.1. The summed E-state index contributed by atoms with van der Waals surface area (Å²) >= 11 is 0. The fraction of sp³-hybridized carbons (Fsp3) is 0.222. The summed E-state index contributed by atoms with van der Waals surface area (Å²) < 4.78 is 5.58. The van der Waals surface area contributed by atoms with Crippen molar-refractivity contribution >= 4 is 17.6 Å². The van der Waals surface area contributed by atoms with Gasteiger partial charge in [0.1, 0.15) is 5.75 Å². The van der Waals surface area contributed by atoms with E-state index in [0.717, 1.165) is 11.1 Å². The second kappa shape index (κ2) is 5.76. The number of ether oxygens (including phenoxy) is 1. The van der Waals surface area contributed by atoms with Crippen LogP contribution in [0.15, 0.2) is 42.5 Å². The van der Waals surface area contributed by atoms with E-state index in [4.69, 9.17) is 9.84 Å². The molecule has 1 atom stereocenters. The molecule has 0 aromatic heterocycles. The molecule has 2 aromatic carbocycles. The first-order valence-electron chi connectivity index (χ1n) is 7.37. The summed E-state index contributed by atoms with van der Waals surface area (Å²) in [6.45, 7) is 4.10. The Bertz CT molecular complexity index is 784. The highest BCUT2D eigenvalue weighted by molar-refractivity contribution is 6.00. The number of nitrogens with zero attached hydrogens (tertiary/aromatic N) is 1. The Morgan fingerprint density at radius 3 is 2.70 bits per heavy atom. The molecule has 5 heteroatoms. The van der Waals surface area contributed by atoms with Crippen molar-refractivity contribution in [2.24, 2.45) is 0 Å². The van der Waals surface area contributed by atoms with Gasteiger partial charge in [0.15, 0.2) is 6.10 Å². The molecule has 118 valence electrons. The number of benzene rings is 2. The average Bonchev–Trinajstić information content (AvgIpc) is 2.53. The molecule has 1 aliphatic rings. The summed E-state index contributed by atoms with van der Waals surface area (Å²) in [5, 5.41) is 9.11. The van der Waals surface area contributed by atoms with E-state index in [9.17, 15) is 9.59 Å². The zero-order valence-electron chi connectivity index (χ0n) is 12.9. The number of rotatable bonds is 3. The number of hydrogen-bond acceptors (Lipinski definition) is 3. The molecule has 1 amide bonds. The molecule has 0 fully saturated rings. The zero-order chi connectivity index (χ0) is 16.6. The highest BCUT2D eigenvalue weighted by Crippen LogP contribution is 2.36. The van der Waals surface area contributed by atoms with E-state index < -0.39 is 12.1 Å². The Kier molecular flexibility index (Phi) is 3.78. The SMILES string of the molecule is Cc1ccccc1CN1C(=O)C(C)Oc2cc(C(=O)O)ccc21. The molecule has 1 aliphatic heterocycles. The van der Waals surface area contributed by atoms with E-state index in [0.29, 0.717) is 18.0 Å². The lowest BCUT2D eigenvalue weighted by Crippen LogP contribution is -2.44. The van der Waals surface area contributed by atoms with E-state index in [1.54, 1.807) is 17.9 Å². The topological polar surface area (TPSA) is 66.8 Å². The van der Waals surface area contributed by atoms with Crippen LogP contribution in [0.25, 0.3) is 0 Å². The number of aryl methyl sites for hydroxylation is 1. The number of fused-ring (bicyclic) bond motifs is 1. The summed E-state index contributed by atoms with van der Waals surface area (Å²) in [5.41, 5.74) is 2.88. The molecule has 1 N–H and O–H groups in total. The van der Waals surface area contributed by atoms with Crippen molar-refractivity contribution in [3.8, 4) is 5.75 Å². The van der Waals surface area contributed by atoms with Gasteiger partial charge in [-0.3, -0.25) is 4.79 Å². The molecule has 3 rings (SSSR count). The van der Waals surface area contributed by atoms with E-state index in [-0.39, 0.29) is 11.5 Å². The molecule has 0 radical (unpaired) electrons. The number of carboxylic acid groups (broad SMARTS) is 1. The second-order valence-electron chi connectivity index (χ2n) is 5.60. The van der Waals surface area contributed by atoms with Crippen LogP contribution in [0.3, 0.4) is 0 Å². The van der Waals surface area contributed by atoms with Crippen LogP contribution in [0.2, 0.25) is 0 Å². The molecule has 2 aromatic rings. The van der Waals surface area contributed by atoms with Gasteiger partial charge < -0.3 is 14.7 Å². The van der Waals surface area contributed by atoms with E-state index in [1.165, 1.54) is 12.1 Å². The highest BCUT2D eigenvalue weighted by atomic mass is 16.5. The summed E-state index contributed by atoms with van der Waals surface area (Å²) in [6.07, 6.45) is -0.643. The predicted molar refractivity (Wildman–Crippen MR) is 85.9 cm³/mol. The molecule has 5 nitrogen and oxygen atoms in total. The average molecular weight is 311 g/mol. The number of hydrogen-bond donors (Lipinski definition) is 1. The maximum absolute atomic E-state index is 12.5. The Balaban J connectivity index is 2.02. The van der Waals surface area contributed by atoms with E-state index >= 15 is 0 Å². The van der Waals surface area contributed by atoms with Gasteiger partial charge in [-0.05, 0) is 43.2 Å². The lowest BCUT2D eigenvalue weighted by Gasteiger charge is -2.33. The Hall–Kier alpha value is -2.82. The number of carbonyl (C=O) groups is 2. The van der Waals surface area contributed by atoms with Gasteiger partial charge in [0.2, 0.25) is 0 Å². The summed E-state index contributed by atoms with van der Waals surface area (Å²) in [4.78, 5) is 25.3. The van der Waals surface area contributed by atoms with Crippen LogP contribution in [0, 0.1) is 6.92 Å². The van der Waals surface area contributed by atoms with Gasteiger partial charge in [-0.25, -0.2) is 4.79 Å². The third-order valence-electron chi connectivity index (χ3n) is 4.00. The predicted octanol–water partition coefficient (Wildman–Crippen LogP) is 3.01. The molecule has 23 heavy (non-hydrogen) atoms. The third-order valence-corrected chi connectivity index (χ3v) is 4.00. The Morgan fingerprint density at radius 1 is 1.26 bits per heavy atom. The van der Waals surface area contributed by atoms with Gasteiger partial charge in [-0.1, -0.05) is 24.3 Å². The minimum Gasteiger partial charge on any atom is -0.479 e. The van der Waals surface area contributed by atoms with Crippen molar-refractivity contribution in [3.05, 3.63) is 59.2 Å². The van der Waals surface area contributed by atoms with Crippen molar-refractivity contribution in [2.75, 3.05) is 4.90 Å². The molecule has 1 heterocycles. The van der Waals surface area contributed by atoms with E-state index in [2.05, 4.69) is 0 Å². The van der Waals surface area contributed by atoms with Crippen molar-refractivity contribution in [1.82, 2.24) is 0 Å². The van der Waals surface area contributed by atoms with Gasteiger partial charge in [-0.2, -0.15) is 0 Å². The van der Waals surface area contributed by atoms with Gasteiger partial charge >= 0.3 is 5.97 Å². The number of amides is 1. The standard InChI is InChI=1S/C18H17NO4/c1-11-5-3-4-6-14(11)10-19-15-8-7-13(18(21)22)9-16(15)23-12(2)17(19)20/h3-9,12H,10H2,1-2H3,(H,21,22). The largest absolute Gasteiger partial charge is 0.479 e. The van der Waals surface area contributed by atoms with Gasteiger partial charge in [0, 0.05) is 0 Å². The van der Waals surface area contributed by atoms with Crippen molar-refractivity contribution in [1.29, 1.82) is 0 Å². The van der Waals surface area contributed by atoms with Crippen LogP contribution < -0.4 is 9.64 Å². The molecular weight excluding hydrogens is 294 g/mol. The van der Waals surface area contributed by atoms with Crippen molar-refractivity contribution in [3.63, 3.8) is 0 Å². The van der Waals surface area contributed by atoms with Gasteiger partial charge in [0.05, 0.1) is 17.8 Å². The summed E-state index contributed by atoms with van der Waals surface area (Å²) in [5.74, 6) is -0.735. The maximum atomic E-state index is 12.5. The van der Waals surface area contributed by atoms with E-state index in [1.807, 2.05) is 31.2 Å². The van der Waals surface area contributed by atoms with Crippen LogP contribution in [0.4, 0.5) is 5.69 Å². The molecule has 0 aliphatic carbocycles. The number of anilines is 1. The van der Waals surface area contributed by atoms with Gasteiger partial charge in [0.25, 0.3) is 5.91 Å². The van der Waals surface area contributed by atoms with Crippen LogP contribution in [-0.2, 0) is 11.3 Å². The minimum atomic E-state index is -1.02. The third kappa shape index (κ3) is 2.77. The fourth-order valence-corrected chi connectivity index (χ4v) is 2.66. The fourth-order valence-electron chi connectivity index (χ4n) is 2.66.